The number of hydrogen-bond donors (Lipinski definition) is 1. The van der Waals surface area contributed by atoms with Crippen molar-refractivity contribution in [3.63, 3.8) is 0 Å². The number of carboxylic acids is 1. The zero-order valence-electron chi connectivity index (χ0n) is 12.1. The molecule has 1 saturated carbocycles. The van der Waals surface area contributed by atoms with E-state index in [1.807, 2.05) is 12.1 Å². The van der Waals surface area contributed by atoms with E-state index in [1.54, 1.807) is 6.07 Å². The van der Waals surface area contributed by atoms with Gasteiger partial charge in [-0.05, 0) is 61.8 Å². The molecular weight excluding hydrogens is 250 g/mol. The highest BCUT2D eigenvalue weighted by Gasteiger charge is 2.29. The van der Waals surface area contributed by atoms with Gasteiger partial charge in [0.15, 0.2) is 0 Å². The van der Waals surface area contributed by atoms with Crippen LogP contribution < -0.4 is 4.90 Å². The van der Waals surface area contributed by atoms with Gasteiger partial charge in [-0.15, -0.1) is 0 Å². The molecule has 1 N–H and O–H groups in total. The van der Waals surface area contributed by atoms with Crippen LogP contribution in [0.3, 0.4) is 0 Å². The van der Waals surface area contributed by atoms with Gasteiger partial charge in [-0.1, -0.05) is 13.3 Å². The van der Waals surface area contributed by atoms with E-state index in [-0.39, 0.29) is 0 Å². The number of nitrogens with zero attached hydrogens (tertiary/aromatic N) is 1. The fraction of sp³-hybridized carbons (Fsp3) is 0.588. The first kappa shape index (κ1) is 13.5. The van der Waals surface area contributed by atoms with Crippen LogP contribution in [0.4, 0.5) is 5.69 Å². The molecule has 1 fully saturated rings. The van der Waals surface area contributed by atoms with Gasteiger partial charge in [-0.3, -0.25) is 0 Å². The maximum absolute atomic E-state index is 11.0. The third-order valence-electron chi connectivity index (χ3n) is 5.09. The molecule has 1 aromatic carbocycles. The standard InChI is InChI=1S/C17H23NO2/c1-2-12-3-6-15(7-4-12)18-10-9-13-11-14(17(19)20)5-8-16(13)18/h5,8,11-12,15H,2-4,6-7,9-10H2,1H3,(H,19,20). The number of fused-ring (bicyclic) bond motifs is 1. The third kappa shape index (κ3) is 2.41. The van der Waals surface area contributed by atoms with E-state index in [0.717, 1.165) is 18.9 Å². The predicted octanol–water partition coefficient (Wildman–Crippen LogP) is 3.72. The van der Waals surface area contributed by atoms with Crippen molar-refractivity contribution < 1.29 is 9.90 Å². The van der Waals surface area contributed by atoms with E-state index in [9.17, 15) is 4.79 Å². The topological polar surface area (TPSA) is 40.5 Å². The van der Waals surface area contributed by atoms with Gasteiger partial charge >= 0.3 is 5.97 Å². The Bertz CT molecular complexity index is 504. The molecule has 3 rings (SSSR count). The van der Waals surface area contributed by atoms with Gasteiger partial charge in [-0.25, -0.2) is 4.79 Å². The molecule has 108 valence electrons. The minimum absolute atomic E-state index is 0.417. The monoisotopic (exact) mass is 273 g/mol. The number of aromatic carboxylic acids is 1. The number of hydrogen-bond acceptors (Lipinski definition) is 2. The quantitative estimate of drug-likeness (QED) is 0.912. The largest absolute Gasteiger partial charge is 0.478 e. The SMILES string of the molecule is CCC1CCC(N2CCc3cc(C(=O)O)ccc32)CC1. The highest BCUT2D eigenvalue weighted by Crippen LogP contribution is 2.36. The second-order valence-electron chi connectivity index (χ2n) is 6.17. The lowest BCUT2D eigenvalue weighted by Gasteiger charge is -2.36. The Labute approximate surface area is 120 Å². The Balaban J connectivity index is 1.75. The Morgan fingerprint density at radius 3 is 2.70 bits per heavy atom. The lowest BCUT2D eigenvalue weighted by molar-refractivity contribution is 0.0697. The Morgan fingerprint density at radius 1 is 1.30 bits per heavy atom. The predicted molar refractivity (Wildman–Crippen MR) is 80.5 cm³/mol. The van der Waals surface area contributed by atoms with Crippen molar-refractivity contribution in [1.29, 1.82) is 0 Å². The number of carbonyl (C=O) groups is 1. The van der Waals surface area contributed by atoms with Crippen LogP contribution in [0, 0.1) is 5.92 Å². The molecule has 0 saturated heterocycles. The first-order valence-electron chi connectivity index (χ1n) is 7.82. The van der Waals surface area contributed by atoms with Gasteiger partial charge in [0.2, 0.25) is 0 Å². The molecule has 0 aromatic heterocycles. The normalized spacial score (nSPS) is 25.6. The van der Waals surface area contributed by atoms with E-state index < -0.39 is 5.97 Å². The molecule has 0 spiro atoms. The van der Waals surface area contributed by atoms with Crippen LogP contribution in [-0.2, 0) is 6.42 Å². The molecule has 0 atom stereocenters. The van der Waals surface area contributed by atoms with Crippen molar-refractivity contribution in [3.05, 3.63) is 29.3 Å². The molecule has 1 heterocycles. The summed E-state index contributed by atoms with van der Waals surface area (Å²) >= 11 is 0. The summed E-state index contributed by atoms with van der Waals surface area (Å²) in [6.07, 6.45) is 7.58. The summed E-state index contributed by atoms with van der Waals surface area (Å²) < 4.78 is 0. The Morgan fingerprint density at radius 2 is 2.05 bits per heavy atom. The van der Waals surface area contributed by atoms with Crippen LogP contribution in [-0.4, -0.2) is 23.7 Å². The third-order valence-corrected chi connectivity index (χ3v) is 5.09. The molecule has 0 unspecified atom stereocenters. The Hall–Kier alpha value is -1.51. The first-order valence-corrected chi connectivity index (χ1v) is 7.82. The van der Waals surface area contributed by atoms with Gasteiger partial charge in [0, 0.05) is 18.3 Å². The van der Waals surface area contributed by atoms with Crippen LogP contribution in [0.2, 0.25) is 0 Å². The smallest absolute Gasteiger partial charge is 0.335 e. The molecule has 2 aliphatic rings. The summed E-state index contributed by atoms with van der Waals surface area (Å²) in [7, 11) is 0. The minimum Gasteiger partial charge on any atom is -0.478 e. The van der Waals surface area contributed by atoms with Crippen molar-refractivity contribution in [2.75, 3.05) is 11.4 Å². The fourth-order valence-electron chi connectivity index (χ4n) is 3.80. The van der Waals surface area contributed by atoms with Gasteiger partial charge in [0.1, 0.15) is 0 Å². The molecule has 0 radical (unpaired) electrons. The summed E-state index contributed by atoms with van der Waals surface area (Å²) in [5.74, 6) is 0.0948. The van der Waals surface area contributed by atoms with Crippen LogP contribution >= 0.6 is 0 Å². The molecule has 1 aliphatic carbocycles. The molecule has 0 amide bonds. The van der Waals surface area contributed by atoms with Crippen molar-refractivity contribution in [2.45, 2.75) is 51.5 Å². The van der Waals surface area contributed by atoms with Gasteiger partial charge in [0.05, 0.1) is 5.56 Å². The molecule has 0 bridgehead atoms. The van der Waals surface area contributed by atoms with Crippen LogP contribution in [0.5, 0.6) is 0 Å². The van der Waals surface area contributed by atoms with E-state index >= 15 is 0 Å². The number of carboxylic acid groups (broad SMARTS) is 1. The maximum Gasteiger partial charge on any atom is 0.335 e. The zero-order valence-corrected chi connectivity index (χ0v) is 12.1. The Kier molecular flexibility index (Phi) is 3.68. The van der Waals surface area contributed by atoms with Crippen LogP contribution in [0.15, 0.2) is 18.2 Å². The van der Waals surface area contributed by atoms with Crippen LogP contribution in [0.1, 0.15) is 54.9 Å². The van der Waals surface area contributed by atoms with E-state index in [2.05, 4.69) is 11.8 Å². The molecule has 3 nitrogen and oxygen atoms in total. The molecular formula is C17H23NO2. The second-order valence-corrected chi connectivity index (χ2v) is 6.17. The number of anilines is 1. The highest BCUT2D eigenvalue weighted by atomic mass is 16.4. The maximum atomic E-state index is 11.0. The lowest BCUT2D eigenvalue weighted by Crippen LogP contribution is -2.36. The second kappa shape index (κ2) is 5.47. The molecule has 3 heteroatoms. The van der Waals surface area contributed by atoms with Crippen LogP contribution in [0.25, 0.3) is 0 Å². The fourth-order valence-corrected chi connectivity index (χ4v) is 3.80. The van der Waals surface area contributed by atoms with Crippen molar-refractivity contribution in [2.24, 2.45) is 5.92 Å². The highest BCUT2D eigenvalue weighted by molar-refractivity contribution is 5.88. The molecule has 20 heavy (non-hydrogen) atoms. The van der Waals surface area contributed by atoms with E-state index in [4.69, 9.17) is 5.11 Å². The first-order chi connectivity index (χ1) is 9.69. The summed E-state index contributed by atoms with van der Waals surface area (Å²) in [6, 6.07) is 6.28. The van der Waals surface area contributed by atoms with E-state index in [0.29, 0.717) is 11.6 Å². The van der Waals surface area contributed by atoms with Gasteiger partial charge < -0.3 is 10.0 Å². The average molecular weight is 273 g/mol. The van der Waals surface area contributed by atoms with Gasteiger partial charge in [-0.2, -0.15) is 0 Å². The summed E-state index contributed by atoms with van der Waals surface area (Å²) in [5, 5.41) is 9.07. The number of rotatable bonds is 3. The summed E-state index contributed by atoms with van der Waals surface area (Å²) in [5.41, 5.74) is 2.90. The minimum atomic E-state index is -0.824. The lowest BCUT2D eigenvalue weighted by atomic mass is 9.84. The van der Waals surface area contributed by atoms with Crippen molar-refractivity contribution >= 4 is 11.7 Å². The van der Waals surface area contributed by atoms with Gasteiger partial charge in [0.25, 0.3) is 0 Å². The average Bonchev–Trinajstić information content (AvgIpc) is 2.90. The number of benzene rings is 1. The summed E-state index contributed by atoms with van der Waals surface area (Å²) in [6.45, 7) is 3.35. The van der Waals surface area contributed by atoms with E-state index in [1.165, 1.54) is 43.4 Å². The van der Waals surface area contributed by atoms with Crippen molar-refractivity contribution in [1.82, 2.24) is 0 Å². The molecule has 1 aromatic rings. The molecule has 1 aliphatic heterocycles. The summed E-state index contributed by atoms with van der Waals surface area (Å²) in [4.78, 5) is 13.6. The van der Waals surface area contributed by atoms with Crippen molar-refractivity contribution in [3.8, 4) is 0 Å². The zero-order chi connectivity index (χ0) is 14.1.